The molecular formula is C12H11FN2O. The molecule has 2 N–H and O–H groups in total. The van der Waals surface area contributed by atoms with Crippen LogP contribution in [0.25, 0.3) is 11.1 Å². The van der Waals surface area contributed by atoms with Gasteiger partial charge in [0.1, 0.15) is 11.5 Å². The highest BCUT2D eigenvalue weighted by Gasteiger charge is 2.09. The van der Waals surface area contributed by atoms with E-state index in [2.05, 4.69) is 0 Å². The summed E-state index contributed by atoms with van der Waals surface area (Å²) in [6, 6.07) is 7.78. The molecule has 1 aromatic carbocycles. The summed E-state index contributed by atoms with van der Waals surface area (Å²) in [4.78, 5) is 11.1. The van der Waals surface area contributed by atoms with E-state index in [0.29, 0.717) is 5.69 Å². The maximum absolute atomic E-state index is 12.7. The van der Waals surface area contributed by atoms with Crippen LogP contribution in [0.5, 0.6) is 0 Å². The molecule has 4 heteroatoms. The zero-order valence-corrected chi connectivity index (χ0v) is 8.77. The highest BCUT2D eigenvalue weighted by molar-refractivity contribution is 5.93. The summed E-state index contributed by atoms with van der Waals surface area (Å²) >= 11 is 0. The van der Waals surface area contributed by atoms with Crippen LogP contribution in [0.3, 0.4) is 0 Å². The molecule has 1 heterocycles. The number of amides is 1. The van der Waals surface area contributed by atoms with Crippen molar-refractivity contribution in [2.75, 3.05) is 0 Å². The summed E-state index contributed by atoms with van der Waals surface area (Å²) in [6.07, 6.45) is 1.79. The van der Waals surface area contributed by atoms with Gasteiger partial charge < -0.3 is 10.3 Å². The highest BCUT2D eigenvalue weighted by atomic mass is 19.1. The van der Waals surface area contributed by atoms with Crippen molar-refractivity contribution in [1.82, 2.24) is 4.57 Å². The number of primary amides is 1. The summed E-state index contributed by atoms with van der Waals surface area (Å²) in [6.45, 7) is 0. The van der Waals surface area contributed by atoms with E-state index in [1.165, 1.54) is 12.1 Å². The van der Waals surface area contributed by atoms with E-state index < -0.39 is 5.91 Å². The summed E-state index contributed by atoms with van der Waals surface area (Å²) in [5.74, 6) is -0.759. The largest absolute Gasteiger partial charge is 0.364 e. The molecule has 0 radical (unpaired) electrons. The monoisotopic (exact) mass is 218 g/mol. The molecular weight excluding hydrogens is 207 g/mol. The number of nitrogens with two attached hydrogens (primary N) is 1. The van der Waals surface area contributed by atoms with Crippen LogP contribution in [0.1, 0.15) is 10.5 Å². The minimum atomic E-state index is -0.476. The third-order valence-corrected chi connectivity index (χ3v) is 2.43. The molecule has 1 aromatic heterocycles. The average Bonchev–Trinajstić information content (AvgIpc) is 2.61. The second-order valence-electron chi connectivity index (χ2n) is 3.60. The zero-order valence-electron chi connectivity index (χ0n) is 8.77. The van der Waals surface area contributed by atoms with Crippen molar-refractivity contribution in [3.63, 3.8) is 0 Å². The van der Waals surface area contributed by atoms with Gasteiger partial charge in [-0.3, -0.25) is 4.79 Å². The summed E-state index contributed by atoms with van der Waals surface area (Å²) in [7, 11) is 1.74. The number of hydrogen-bond acceptors (Lipinski definition) is 1. The third kappa shape index (κ3) is 1.82. The van der Waals surface area contributed by atoms with E-state index in [-0.39, 0.29) is 5.82 Å². The van der Waals surface area contributed by atoms with Gasteiger partial charge in [0.15, 0.2) is 0 Å². The average molecular weight is 218 g/mol. The Hall–Kier alpha value is -2.10. The molecule has 16 heavy (non-hydrogen) atoms. The van der Waals surface area contributed by atoms with Gasteiger partial charge in [-0.15, -0.1) is 0 Å². The standard InChI is InChI=1S/C12H11FN2O/c1-15-7-9(6-11(15)12(14)16)8-2-4-10(13)5-3-8/h2-7H,1H3,(H2,14,16). The number of benzene rings is 1. The molecule has 0 saturated heterocycles. The topological polar surface area (TPSA) is 48.0 Å². The van der Waals surface area contributed by atoms with Crippen molar-refractivity contribution < 1.29 is 9.18 Å². The number of rotatable bonds is 2. The molecule has 0 bridgehead atoms. The number of carbonyl (C=O) groups is 1. The molecule has 3 nitrogen and oxygen atoms in total. The summed E-state index contributed by atoms with van der Waals surface area (Å²) < 4.78 is 14.4. The van der Waals surface area contributed by atoms with Crippen LogP contribution in [0.4, 0.5) is 4.39 Å². The first-order chi connectivity index (χ1) is 7.58. The maximum atomic E-state index is 12.7. The number of halogens is 1. The number of nitrogens with zero attached hydrogens (tertiary/aromatic N) is 1. The molecule has 0 saturated carbocycles. The lowest BCUT2D eigenvalue weighted by molar-refractivity contribution is 0.0992. The van der Waals surface area contributed by atoms with Crippen molar-refractivity contribution >= 4 is 5.91 Å². The van der Waals surface area contributed by atoms with Crippen molar-refractivity contribution in [3.05, 3.63) is 48.0 Å². The zero-order chi connectivity index (χ0) is 11.7. The molecule has 1 amide bonds. The van der Waals surface area contributed by atoms with Gasteiger partial charge in [-0.2, -0.15) is 0 Å². The Bertz CT molecular complexity index is 528. The molecule has 0 unspecified atom stereocenters. The predicted molar refractivity (Wildman–Crippen MR) is 59.3 cm³/mol. The molecule has 82 valence electrons. The molecule has 0 aliphatic heterocycles. The van der Waals surface area contributed by atoms with E-state index in [9.17, 15) is 9.18 Å². The van der Waals surface area contributed by atoms with E-state index in [1.807, 2.05) is 0 Å². The molecule has 2 aromatic rings. The van der Waals surface area contributed by atoms with Crippen molar-refractivity contribution in [2.24, 2.45) is 12.8 Å². The fraction of sp³-hybridized carbons (Fsp3) is 0.0833. The van der Waals surface area contributed by atoms with Crippen LogP contribution in [0.15, 0.2) is 36.5 Å². The Kier molecular flexibility index (Phi) is 2.48. The van der Waals surface area contributed by atoms with Crippen LogP contribution in [0.2, 0.25) is 0 Å². The lowest BCUT2D eigenvalue weighted by Crippen LogP contribution is -2.14. The normalized spacial score (nSPS) is 10.4. The van der Waals surface area contributed by atoms with Crippen LogP contribution in [0, 0.1) is 5.82 Å². The SMILES string of the molecule is Cn1cc(-c2ccc(F)cc2)cc1C(N)=O. The minimum Gasteiger partial charge on any atom is -0.364 e. The summed E-state index contributed by atoms with van der Waals surface area (Å²) in [5, 5.41) is 0. The third-order valence-electron chi connectivity index (χ3n) is 2.43. The fourth-order valence-electron chi connectivity index (χ4n) is 1.61. The lowest BCUT2D eigenvalue weighted by atomic mass is 10.1. The van der Waals surface area contributed by atoms with Gasteiger partial charge in [0.05, 0.1) is 0 Å². The Morgan fingerprint density at radius 1 is 1.25 bits per heavy atom. The Labute approximate surface area is 92.3 Å². The molecule has 0 spiro atoms. The van der Waals surface area contributed by atoms with E-state index in [1.54, 1.807) is 36.0 Å². The maximum Gasteiger partial charge on any atom is 0.265 e. The van der Waals surface area contributed by atoms with Gasteiger partial charge in [0, 0.05) is 18.8 Å². The number of hydrogen-bond donors (Lipinski definition) is 1. The molecule has 2 rings (SSSR count). The van der Waals surface area contributed by atoms with Crippen molar-refractivity contribution in [2.45, 2.75) is 0 Å². The smallest absolute Gasteiger partial charge is 0.265 e. The summed E-state index contributed by atoms with van der Waals surface area (Å²) in [5.41, 5.74) is 7.34. The van der Waals surface area contributed by atoms with Crippen LogP contribution >= 0.6 is 0 Å². The molecule has 0 atom stereocenters. The highest BCUT2D eigenvalue weighted by Crippen LogP contribution is 2.21. The van der Waals surface area contributed by atoms with E-state index in [0.717, 1.165) is 11.1 Å². The van der Waals surface area contributed by atoms with Crippen LogP contribution < -0.4 is 5.73 Å². The Morgan fingerprint density at radius 3 is 2.38 bits per heavy atom. The number of aromatic nitrogens is 1. The predicted octanol–water partition coefficient (Wildman–Crippen LogP) is 1.93. The first-order valence-corrected chi connectivity index (χ1v) is 4.80. The fourth-order valence-corrected chi connectivity index (χ4v) is 1.61. The second kappa shape index (κ2) is 3.81. The Balaban J connectivity index is 2.45. The molecule has 0 fully saturated rings. The van der Waals surface area contributed by atoms with Gasteiger partial charge in [0.25, 0.3) is 5.91 Å². The quantitative estimate of drug-likeness (QED) is 0.822. The first-order valence-electron chi connectivity index (χ1n) is 4.80. The van der Waals surface area contributed by atoms with Gasteiger partial charge in [-0.1, -0.05) is 12.1 Å². The van der Waals surface area contributed by atoms with Crippen molar-refractivity contribution in [3.8, 4) is 11.1 Å². The first kappa shape index (κ1) is 10.4. The minimum absolute atomic E-state index is 0.283. The molecule has 0 aliphatic rings. The van der Waals surface area contributed by atoms with Gasteiger partial charge >= 0.3 is 0 Å². The van der Waals surface area contributed by atoms with Crippen LogP contribution in [-0.4, -0.2) is 10.5 Å². The van der Waals surface area contributed by atoms with Crippen LogP contribution in [-0.2, 0) is 7.05 Å². The number of aryl methyl sites for hydroxylation is 1. The Morgan fingerprint density at radius 2 is 1.88 bits per heavy atom. The number of carbonyl (C=O) groups excluding carboxylic acids is 1. The lowest BCUT2D eigenvalue weighted by Gasteiger charge is -1.96. The second-order valence-corrected chi connectivity index (χ2v) is 3.60. The van der Waals surface area contributed by atoms with E-state index >= 15 is 0 Å². The van der Waals surface area contributed by atoms with E-state index in [4.69, 9.17) is 5.73 Å². The van der Waals surface area contributed by atoms with Gasteiger partial charge in [-0.05, 0) is 23.8 Å². The van der Waals surface area contributed by atoms with Gasteiger partial charge in [-0.25, -0.2) is 4.39 Å². The van der Waals surface area contributed by atoms with Gasteiger partial charge in [0.2, 0.25) is 0 Å². The van der Waals surface area contributed by atoms with Crippen molar-refractivity contribution in [1.29, 1.82) is 0 Å². The molecule has 0 aliphatic carbocycles.